The van der Waals surface area contributed by atoms with Gasteiger partial charge in [0, 0.05) is 12.0 Å². The molecule has 2 nitrogen and oxygen atoms in total. The number of rotatable bonds is 1. The molecule has 4 rings (SSSR count). The molecule has 2 bridgehead atoms. The number of aromatic amines is 1. The first-order valence-corrected chi connectivity index (χ1v) is 7.34. The molecule has 1 aromatic carbocycles. The van der Waals surface area contributed by atoms with Crippen molar-refractivity contribution in [1.29, 1.82) is 0 Å². The lowest BCUT2D eigenvalue weighted by Crippen LogP contribution is -2.09. The van der Waals surface area contributed by atoms with Crippen LogP contribution in [0.4, 0.5) is 4.39 Å². The van der Waals surface area contributed by atoms with Gasteiger partial charge in [-0.25, -0.2) is 9.37 Å². The number of hydrogen-bond acceptors (Lipinski definition) is 1. The molecular weight excluding hydrogens is 295 g/mol. The maximum absolute atomic E-state index is 13.5. The summed E-state index contributed by atoms with van der Waals surface area (Å²) in [4.78, 5) is 7.98. The van der Waals surface area contributed by atoms with Crippen molar-refractivity contribution in [3.05, 3.63) is 28.2 Å². The fourth-order valence-corrected chi connectivity index (χ4v) is 4.11. The summed E-state index contributed by atoms with van der Waals surface area (Å²) in [5.74, 6) is 3.10. The van der Waals surface area contributed by atoms with Crippen LogP contribution in [0.3, 0.4) is 0 Å². The first-order valence-electron chi connectivity index (χ1n) is 6.55. The van der Waals surface area contributed by atoms with E-state index in [0.717, 1.165) is 28.7 Å². The number of hydrogen-bond donors (Lipinski definition) is 1. The van der Waals surface area contributed by atoms with Gasteiger partial charge >= 0.3 is 0 Å². The van der Waals surface area contributed by atoms with Crippen molar-refractivity contribution in [1.82, 2.24) is 9.97 Å². The van der Waals surface area contributed by atoms with Crippen molar-refractivity contribution in [2.24, 2.45) is 11.8 Å². The molecule has 0 spiro atoms. The molecule has 18 heavy (non-hydrogen) atoms. The highest BCUT2D eigenvalue weighted by Crippen LogP contribution is 2.52. The zero-order valence-corrected chi connectivity index (χ0v) is 11.5. The van der Waals surface area contributed by atoms with Crippen LogP contribution in [0.2, 0.25) is 0 Å². The van der Waals surface area contributed by atoms with Crippen LogP contribution >= 0.6 is 15.9 Å². The van der Waals surface area contributed by atoms with Gasteiger partial charge in [-0.1, -0.05) is 6.42 Å². The molecule has 0 saturated heterocycles. The molecule has 3 unspecified atom stereocenters. The van der Waals surface area contributed by atoms with E-state index in [4.69, 9.17) is 0 Å². The Morgan fingerprint density at radius 2 is 2.17 bits per heavy atom. The Bertz CT molecular complexity index is 583. The third-order valence-corrected chi connectivity index (χ3v) is 5.24. The molecule has 0 amide bonds. The molecule has 2 aromatic rings. The molecule has 2 fully saturated rings. The standard InChI is InChI=1S/C14H14BrFN2/c15-10-5-12-13(6-11(10)16)18-14(17-12)9-4-7-1-2-8(9)3-7/h5-9H,1-4H2,(H,17,18). The van der Waals surface area contributed by atoms with Crippen molar-refractivity contribution in [3.63, 3.8) is 0 Å². The van der Waals surface area contributed by atoms with Gasteiger partial charge in [0.1, 0.15) is 11.6 Å². The van der Waals surface area contributed by atoms with Gasteiger partial charge in [-0.3, -0.25) is 0 Å². The van der Waals surface area contributed by atoms with E-state index >= 15 is 0 Å². The monoisotopic (exact) mass is 308 g/mol. The molecule has 2 saturated carbocycles. The van der Waals surface area contributed by atoms with E-state index in [1.165, 1.54) is 31.7 Å². The van der Waals surface area contributed by atoms with E-state index in [1.54, 1.807) is 6.07 Å². The minimum Gasteiger partial charge on any atom is -0.342 e. The molecule has 1 N–H and O–H groups in total. The molecule has 4 heteroatoms. The Morgan fingerprint density at radius 1 is 1.28 bits per heavy atom. The molecule has 3 atom stereocenters. The number of nitrogens with one attached hydrogen (secondary N) is 1. The summed E-state index contributed by atoms with van der Waals surface area (Å²) in [6.45, 7) is 0. The first kappa shape index (κ1) is 11.0. The summed E-state index contributed by atoms with van der Waals surface area (Å²) in [6.07, 6.45) is 5.35. The number of H-pyrrole nitrogens is 1. The van der Waals surface area contributed by atoms with Crippen molar-refractivity contribution in [2.75, 3.05) is 0 Å². The average Bonchev–Trinajstić information content (AvgIpc) is 3.02. The highest BCUT2D eigenvalue weighted by molar-refractivity contribution is 9.10. The van der Waals surface area contributed by atoms with Crippen molar-refractivity contribution < 1.29 is 4.39 Å². The van der Waals surface area contributed by atoms with Crippen LogP contribution in [0.5, 0.6) is 0 Å². The van der Waals surface area contributed by atoms with Crippen molar-refractivity contribution in [2.45, 2.75) is 31.6 Å². The van der Waals surface area contributed by atoms with Gasteiger partial charge in [-0.15, -0.1) is 0 Å². The molecule has 1 heterocycles. The predicted octanol–water partition coefficient (Wildman–Crippen LogP) is 4.37. The third kappa shape index (κ3) is 1.54. The zero-order chi connectivity index (χ0) is 12.3. The summed E-state index contributed by atoms with van der Waals surface area (Å²) in [7, 11) is 0. The summed E-state index contributed by atoms with van der Waals surface area (Å²) in [5.41, 5.74) is 1.68. The normalized spacial score (nSPS) is 30.4. The van der Waals surface area contributed by atoms with E-state index in [9.17, 15) is 4.39 Å². The van der Waals surface area contributed by atoms with E-state index < -0.39 is 0 Å². The molecule has 0 aliphatic heterocycles. The molecule has 2 aliphatic rings. The van der Waals surface area contributed by atoms with Crippen LogP contribution in [0.25, 0.3) is 11.0 Å². The van der Waals surface area contributed by atoms with Crippen LogP contribution in [0.15, 0.2) is 16.6 Å². The highest BCUT2D eigenvalue weighted by Gasteiger charge is 2.41. The molecule has 1 aromatic heterocycles. The number of imidazole rings is 1. The Labute approximate surface area is 113 Å². The van der Waals surface area contributed by atoms with Gasteiger partial charge < -0.3 is 4.98 Å². The largest absolute Gasteiger partial charge is 0.342 e. The minimum absolute atomic E-state index is 0.231. The van der Waals surface area contributed by atoms with Gasteiger partial charge in [0.2, 0.25) is 0 Å². The van der Waals surface area contributed by atoms with Crippen LogP contribution in [0.1, 0.15) is 37.4 Å². The van der Waals surface area contributed by atoms with Gasteiger partial charge in [-0.05, 0) is 53.1 Å². The second kappa shape index (κ2) is 3.80. The Balaban J connectivity index is 1.77. The Morgan fingerprint density at radius 3 is 2.89 bits per heavy atom. The van der Waals surface area contributed by atoms with E-state index in [1.807, 2.05) is 0 Å². The second-order valence-corrected chi connectivity index (χ2v) is 6.54. The molecule has 2 aliphatic carbocycles. The maximum Gasteiger partial charge on any atom is 0.139 e. The minimum atomic E-state index is -0.231. The number of aromatic nitrogens is 2. The fraction of sp³-hybridized carbons (Fsp3) is 0.500. The number of halogens is 2. The van der Waals surface area contributed by atoms with Gasteiger partial charge in [0.05, 0.1) is 15.5 Å². The number of fused-ring (bicyclic) bond motifs is 3. The molecule has 94 valence electrons. The first-order chi connectivity index (χ1) is 8.70. The Kier molecular flexibility index (Phi) is 2.31. The second-order valence-electron chi connectivity index (χ2n) is 5.69. The van der Waals surface area contributed by atoms with Crippen LogP contribution in [0, 0.1) is 17.7 Å². The summed E-state index contributed by atoms with van der Waals surface area (Å²) in [5, 5.41) is 0. The summed E-state index contributed by atoms with van der Waals surface area (Å²) >= 11 is 3.21. The summed E-state index contributed by atoms with van der Waals surface area (Å²) in [6, 6.07) is 3.29. The average molecular weight is 309 g/mol. The lowest BCUT2D eigenvalue weighted by Gasteiger charge is -2.18. The van der Waals surface area contributed by atoms with Crippen molar-refractivity contribution in [3.8, 4) is 0 Å². The van der Waals surface area contributed by atoms with E-state index in [-0.39, 0.29) is 5.82 Å². The quantitative estimate of drug-likeness (QED) is 0.832. The van der Waals surface area contributed by atoms with E-state index in [0.29, 0.717) is 10.4 Å². The SMILES string of the molecule is Fc1cc2[nH]c(C3CC4CCC3C4)nc2cc1Br. The van der Waals surface area contributed by atoms with Gasteiger partial charge in [0.15, 0.2) is 0 Å². The third-order valence-electron chi connectivity index (χ3n) is 4.63. The molecule has 0 radical (unpaired) electrons. The molecular formula is C14H14BrFN2. The number of nitrogens with zero attached hydrogens (tertiary/aromatic N) is 1. The topological polar surface area (TPSA) is 28.7 Å². The lowest BCUT2D eigenvalue weighted by molar-refractivity contribution is 0.408. The summed E-state index contributed by atoms with van der Waals surface area (Å²) < 4.78 is 14.0. The van der Waals surface area contributed by atoms with E-state index in [2.05, 4.69) is 25.9 Å². The Hall–Kier alpha value is -0.900. The lowest BCUT2D eigenvalue weighted by atomic mass is 9.88. The van der Waals surface area contributed by atoms with Crippen molar-refractivity contribution >= 4 is 27.0 Å². The van der Waals surface area contributed by atoms with Crippen LogP contribution in [-0.4, -0.2) is 9.97 Å². The maximum atomic E-state index is 13.5. The zero-order valence-electron chi connectivity index (χ0n) is 9.92. The number of benzene rings is 1. The van der Waals surface area contributed by atoms with Crippen LogP contribution in [-0.2, 0) is 0 Å². The fourth-order valence-electron chi connectivity index (χ4n) is 3.78. The highest BCUT2D eigenvalue weighted by atomic mass is 79.9. The predicted molar refractivity (Wildman–Crippen MR) is 71.9 cm³/mol. The smallest absolute Gasteiger partial charge is 0.139 e. The van der Waals surface area contributed by atoms with Gasteiger partial charge in [0.25, 0.3) is 0 Å². The van der Waals surface area contributed by atoms with Crippen LogP contribution < -0.4 is 0 Å². The van der Waals surface area contributed by atoms with Gasteiger partial charge in [-0.2, -0.15) is 0 Å².